The second-order valence-electron chi connectivity index (χ2n) is 6.62. The average molecular weight is 311 g/mol. The molecule has 2 fully saturated rings. The van der Waals surface area contributed by atoms with Crippen LogP contribution in [0.4, 0.5) is 5.82 Å². The van der Waals surface area contributed by atoms with E-state index in [9.17, 15) is 8.42 Å². The maximum absolute atomic E-state index is 11.7. The van der Waals surface area contributed by atoms with Crippen molar-refractivity contribution in [2.45, 2.75) is 57.9 Å². The van der Waals surface area contributed by atoms with Crippen molar-refractivity contribution in [1.29, 1.82) is 0 Å². The highest BCUT2D eigenvalue weighted by molar-refractivity contribution is 7.91. The van der Waals surface area contributed by atoms with Gasteiger partial charge in [0.1, 0.15) is 5.82 Å². The van der Waals surface area contributed by atoms with Gasteiger partial charge in [0.25, 0.3) is 0 Å². The fourth-order valence-electron chi connectivity index (χ4n) is 3.96. The average Bonchev–Trinajstić information content (AvgIpc) is 3.07. The molecule has 21 heavy (non-hydrogen) atoms. The minimum atomic E-state index is -2.92. The third-order valence-corrected chi connectivity index (χ3v) is 6.95. The van der Waals surface area contributed by atoms with Gasteiger partial charge in [0.15, 0.2) is 9.84 Å². The Morgan fingerprint density at radius 2 is 2.10 bits per heavy atom. The van der Waals surface area contributed by atoms with E-state index in [0.717, 1.165) is 17.7 Å². The van der Waals surface area contributed by atoms with E-state index in [-0.39, 0.29) is 17.5 Å². The van der Waals surface area contributed by atoms with Crippen LogP contribution in [0.3, 0.4) is 0 Å². The summed E-state index contributed by atoms with van der Waals surface area (Å²) in [6.45, 7) is 4.39. The van der Waals surface area contributed by atoms with Gasteiger partial charge in [0.05, 0.1) is 23.2 Å². The molecule has 0 amide bonds. The molecule has 0 bridgehead atoms. The van der Waals surface area contributed by atoms with Crippen LogP contribution in [-0.4, -0.2) is 29.7 Å². The van der Waals surface area contributed by atoms with Gasteiger partial charge in [-0.3, -0.25) is 0 Å². The summed E-state index contributed by atoms with van der Waals surface area (Å²) >= 11 is 0. The van der Waals surface area contributed by atoms with Gasteiger partial charge in [-0.05, 0) is 25.2 Å². The van der Waals surface area contributed by atoms with E-state index in [1.165, 1.54) is 19.3 Å². The largest absolute Gasteiger partial charge is 0.384 e. The molecule has 1 aromatic heterocycles. The SMILES string of the molecule is CCc1c(C2CCCC2C)nn(C2CCS(=O)(=O)C2)c1N. The number of sulfone groups is 1. The molecule has 2 aliphatic rings. The summed E-state index contributed by atoms with van der Waals surface area (Å²) in [7, 11) is -2.92. The van der Waals surface area contributed by atoms with Crippen LogP contribution < -0.4 is 5.73 Å². The van der Waals surface area contributed by atoms with Crippen molar-refractivity contribution in [3.05, 3.63) is 11.3 Å². The zero-order valence-corrected chi connectivity index (χ0v) is 13.7. The number of nitrogens with zero attached hydrogens (tertiary/aromatic N) is 2. The van der Waals surface area contributed by atoms with Gasteiger partial charge in [0.2, 0.25) is 0 Å². The molecule has 1 saturated carbocycles. The molecule has 1 aliphatic heterocycles. The van der Waals surface area contributed by atoms with Crippen LogP contribution in [-0.2, 0) is 16.3 Å². The summed E-state index contributed by atoms with van der Waals surface area (Å²) < 4.78 is 25.2. The highest BCUT2D eigenvalue weighted by Crippen LogP contribution is 2.42. The molecule has 3 atom stereocenters. The quantitative estimate of drug-likeness (QED) is 0.929. The van der Waals surface area contributed by atoms with Crippen LogP contribution in [0.1, 0.15) is 62.7 Å². The van der Waals surface area contributed by atoms with E-state index in [0.29, 0.717) is 24.1 Å². The Morgan fingerprint density at radius 1 is 1.33 bits per heavy atom. The zero-order valence-electron chi connectivity index (χ0n) is 12.9. The van der Waals surface area contributed by atoms with Crippen LogP contribution in [0.2, 0.25) is 0 Å². The molecule has 0 spiro atoms. The maximum Gasteiger partial charge on any atom is 0.152 e. The molecule has 0 aromatic carbocycles. The summed E-state index contributed by atoms with van der Waals surface area (Å²) in [5.41, 5.74) is 8.57. The first kappa shape index (κ1) is 14.9. The lowest BCUT2D eigenvalue weighted by molar-refractivity contribution is 0.474. The normalized spacial score (nSPS) is 31.8. The first-order valence-electron chi connectivity index (χ1n) is 8.00. The number of hydrogen-bond acceptors (Lipinski definition) is 4. The third kappa shape index (κ3) is 2.58. The van der Waals surface area contributed by atoms with Gasteiger partial charge in [-0.25, -0.2) is 13.1 Å². The fourth-order valence-corrected chi connectivity index (χ4v) is 5.65. The summed E-state index contributed by atoms with van der Waals surface area (Å²) in [6.07, 6.45) is 5.17. The Kier molecular flexibility index (Phi) is 3.76. The van der Waals surface area contributed by atoms with Crippen LogP contribution in [0, 0.1) is 5.92 Å². The van der Waals surface area contributed by atoms with Crippen molar-refractivity contribution in [2.24, 2.45) is 5.92 Å². The molecule has 0 radical (unpaired) electrons. The standard InChI is InChI=1S/C15H25N3O2S/c1-3-12-14(13-6-4-5-10(13)2)17-18(15(12)16)11-7-8-21(19,20)9-11/h10-11,13H,3-9,16H2,1-2H3. The van der Waals surface area contributed by atoms with Gasteiger partial charge in [-0.15, -0.1) is 0 Å². The monoisotopic (exact) mass is 311 g/mol. The van der Waals surface area contributed by atoms with Crippen LogP contribution >= 0.6 is 0 Å². The summed E-state index contributed by atoms with van der Waals surface area (Å²) in [6, 6.07) is -0.0780. The molecular formula is C15H25N3O2S. The number of nitrogens with two attached hydrogens (primary N) is 1. The van der Waals surface area contributed by atoms with Gasteiger partial charge in [-0.2, -0.15) is 5.10 Å². The molecule has 5 nitrogen and oxygen atoms in total. The number of rotatable bonds is 3. The van der Waals surface area contributed by atoms with Crippen molar-refractivity contribution in [2.75, 3.05) is 17.2 Å². The Hall–Kier alpha value is -1.04. The molecule has 1 aliphatic carbocycles. The molecule has 1 saturated heterocycles. The number of nitrogen functional groups attached to an aromatic ring is 1. The fraction of sp³-hybridized carbons (Fsp3) is 0.800. The topological polar surface area (TPSA) is 78.0 Å². The number of hydrogen-bond donors (Lipinski definition) is 1. The first-order chi connectivity index (χ1) is 9.93. The van der Waals surface area contributed by atoms with Crippen molar-refractivity contribution >= 4 is 15.7 Å². The predicted octanol–water partition coefficient (Wildman–Crippen LogP) is 2.29. The molecule has 2 N–H and O–H groups in total. The van der Waals surface area contributed by atoms with Crippen LogP contribution in [0.25, 0.3) is 0 Å². The van der Waals surface area contributed by atoms with Crippen molar-refractivity contribution in [3.63, 3.8) is 0 Å². The molecule has 3 rings (SSSR count). The Bertz CT molecular complexity index is 636. The number of aromatic nitrogens is 2. The Morgan fingerprint density at radius 3 is 2.62 bits per heavy atom. The van der Waals surface area contributed by atoms with Crippen molar-refractivity contribution in [3.8, 4) is 0 Å². The second-order valence-corrected chi connectivity index (χ2v) is 8.85. The first-order valence-corrected chi connectivity index (χ1v) is 9.82. The second kappa shape index (κ2) is 5.30. The smallest absolute Gasteiger partial charge is 0.152 e. The van der Waals surface area contributed by atoms with Gasteiger partial charge in [0, 0.05) is 11.5 Å². The minimum absolute atomic E-state index is 0.0780. The van der Waals surface area contributed by atoms with Crippen LogP contribution in [0.5, 0.6) is 0 Å². The van der Waals surface area contributed by atoms with E-state index in [1.54, 1.807) is 0 Å². The Balaban J connectivity index is 1.98. The summed E-state index contributed by atoms with van der Waals surface area (Å²) in [5.74, 6) is 2.26. The van der Waals surface area contributed by atoms with Gasteiger partial charge >= 0.3 is 0 Å². The molecular weight excluding hydrogens is 286 g/mol. The molecule has 1 aromatic rings. The lowest BCUT2D eigenvalue weighted by Crippen LogP contribution is -2.15. The number of anilines is 1. The summed E-state index contributed by atoms with van der Waals surface area (Å²) in [5, 5.41) is 4.79. The van der Waals surface area contributed by atoms with Crippen molar-refractivity contribution in [1.82, 2.24) is 9.78 Å². The Labute approximate surface area is 126 Å². The highest BCUT2D eigenvalue weighted by atomic mass is 32.2. The summed E-state index contributed by atoms with van der Waals surface area (Å²) in [4.78, 5) is 0. The highest BCUT2D eigenvalue weighted by Gasteiger charge is 2.35. The van der Waals surface area contributed by atoms with E-state index < -0.39 is 9.84 Å². The lowest BCUT2D eigenvalue weighted by atomic mass is 9.91. The molecule has 118 valence electrons. The molecule has 3 unspecified atom stereocenters. The van der Waals surface area contributed by atoms with E-state index in [1.807, 2.05) is 4.68 Å². The van der Waals surface area contributed by atoms with E-state index >= 15 is 0 Å². The third-order valence-electron chi connectivity index (χ3n) is 5.20. The van der Waals surface area contributed by atoms with Gasteiger partial charge < -0.3 is 5.73 Å². The van der Waals surface area contributed by atoms with Crippen molar-refractivity contribution < 1.29 is 8.42 Å². The predicted molar refractivity (Wildman–Crippen MR) is 84.1 cm³/mol. The maximum atomic E-state index is 11.7. The zero-order chi connectivity index (χ0) is 15.2. The lowest BCUT2D eigenvalue weighted by Gasteiger charge is -2.14. The molecule has 6 heteroatoms. The van der Waals surface area contributed by atoms with E-state index in [2.05, 4.69) is 13.8 Å². The van der Waals surface area contributed by atoms with E-state index in [4.69, 9.17) is 10.8 Å². The molecule has 2 heterocycles. The van der Waals surface area contributed by atoms with Crippen LogP contribution in [0.15, 0.2) is 0 Å². The van der Waals surface area contributed by atoms with Gasteiger partial charge in [-0.1, -0.05) is 26.7 Å². The minimum Gasteiger partial charge on any atom is -0.384 e.